The lowest BCUT2D eigenvalue weighted by atomic mass is 10.1. The molecule has 0 radical (unpaired) electrons. The molecule has 0 saturated carbocycles. The summed E-state index contributed by atoms with van der Waals surface area (Å²) in [6.45, 7) is -0.279. The SMILES string of the molecule is Cn1c(Cn2ccc(C(F)(F)F)c(Oc3cc(Cl)cc(-c4ccc(F)cc4)c3)c2=O)n[nH]c1=O. The summed E-state index contributed by atoms with van der Waals surface area (Å²) < 4.78 is 61.7. The van der Waals surface area contributed by atoms with E-state index in [-0.39, 0.29) is 23.1 Å². The summed E-state index contributed by atoms with van der Waals surface area (Å²) in [5.74, 6) is -1.43. The van der Waals surface area contributed by atoms with Gasteiger partial charge >= 0.3 is 11.9 Å². The molecule has 34 heavy (non-hydrogen) atoms. The summed E-state index contributed by atoms with van der Waals surface area (Å²) in [5, 5.41) is 6.08. The van der Waals surface area contributed by atoms with Crippen LogP contribution in [0, 0.1) is 5.82 Å². The lowest BCUT2D eigenvalue weighted by Crippen LogP contribution is -2.26. The Balaban J connectivity index is 1.78. The molecule has 1 N–H and O–H groups in total. The zero-order valence-electron chi connectivity index (χ0n) is 17.4. The van der Waals surface area contributed by atoms with Crippen LogP contribution < -0.4 is 16.0 Å². The highest BCUT2D eigenvalue weighted by Gasteiger charge is 2.36. The molecule has 0 saturated heterocycles. The predicted octanol–water partition coefficient (Wildman–Crippen LogP) is 4.59. The second-order valence-electron chi connectivity index (χ2n) is 7.28. The van der Waals surface area contributed by atoms with Crippen LogP contribution in [-0.2, 0) is 19.8 Å². The molecule has 0 amide bonds. The van der Waals surface area contributed by atoms with Gasteiger partial charge in [-0.2, -0.15) is 18.3 Å². The number of pyridine rings is 1. The Kier molecular flexibility index (Phi) is 6.05. The molecule has 0 fully saturated rings. The molecule has 0 aliphatic carbocycles. The van der Waals surface area contributed by atoms with Crippen LogP contribution in [0.15, 0.2) is 64.3 Å². The first kappa shape index (κ1) is 23.3. The van der Waals surface area contributed by atoms with Crippen LogP contribution in [-0.4, -0.2) is 19.3 Å². The van der Waals surface area contributed by atoms with Gasteiger partial charge in [0.25, 0.3) is 5.56 Å². The van der Waals surface area contributed by atoms with Crippen LogP contribution >= 0.6 is 11.6 Å². The van der Waals surface area contributed by atoms with Gasteiger partial charge in [0.05, 0.1) is 6.54 Å². The molecule has 176 valence electrons. The van der Waals surface area contributed by atoms with Crippen molar-refractivity contribution in [3.8, 4) is 22.6 Å². The lowest BCUT2D eigenvalue weighted by molar-refractivity contribution is -0.138. The molecular weight excluding hydrogens is 480 g/mol. The monoisotopic (exact) mass is 494 g/mol. The van der Waals surface area contributed by atoms with Gasteiger partial charge in [-0.3, -0.25) is 9.36 Å². The van der Waals surface area contributed by atoms with Gasteiger partial charge < -0.3 is 9.30 Å². The number of nitrogens with zero attached hydrogens (tertiary/aromatic N) is 3. The molecule has 2 aromatic heterocycles. The molecule has 0 bridgehead atoms. The third kappa shape index (κ3) is 4.74. The lowest BCUT2D eigenvalue weighted by Gasteiger charge is -2.16. The summed E-state index contributed by atoms with van der Waals surface area (Å²) in [6.07, 6.45) is -3.94. The zero-order valence-corrected chi connectivity index (χ0v) is 18.1. The average Bonchev–Trinajstić information content (AvgIpc) is 3.08. The van der Waals surface area contributed by atoms with Crippen molar-refractivity contribution in [3.63, 3.8) is 0 Å². The highest BCUT2D eigenvalue weighted by molar-refractivity contribution is 6.31. The van der Waals surface area contributed by atoms with Crippen LogP contribution in [0.3, 0.4) is 0 Å². The number of benzene rings is 2. The number of hydrogen-bond donors (Lipinski definition) is 1. The average molecular weight is 495 g/mol. The van der Waals surface area contributed by atoms with Gasteiger partial charge in [0.1, 0.15) is 17.1 Å². The first-order chi connectivity index (χ1) is 16.0. The molecule has 0 aliphatic rings. The molecule has 7 nitrogen and oxygen atoms in total. The van der Waals surface area contributed by atoms with Gasteiger partial charge in [-0.1, -0.05) is 23.7 Å². The highest BCUT2D eigenvalue weighted by Crippen LogP contribution is 2.37. The minimum Gasteiger partial charge on any atom is -0.451 e. The van der Waals surface area contributed by atoms with Gasteiger partial charge in [-0.25, -0.2) is 14.3 Å². The molecule has 0 aliphatic heterocycles. The Hall–Kier alpha value is -3.86. The zero-order chi connectivity index (χ0) is 24.6. The Labute approximate surface area is 193 Å². The molecule has 4 aromatic rings. The fraction of sp³-hybridized carbons (Fsp3) is 0.136. The normalized spacial score (nSPS) is 11.6. The highest BCUT2D eigenvalue weighted by atomic mass is 35.5. The maximum atomic E-state index is 13.7. The maximum Gasteiger partial charge on any atom is 0.420 e. The number of aromatic amines is 1. The second-order valence-corrected chi connectivity index (χ2v) is 7.71. The van der Waals surface area contributed by atoms with Crippen molar-refractivity contribution in [1.82, 2.24) is 19.3 Å². The molecule has 2 aromatic carbocycles. The fourth-order valence-electron chi connectivity index (χ4n) is 3.22. The van der Waals surface area contributed by atoms with Crippen molar-refractivity contribution in [2.24, 2.45) is 7.05 Å². The smallest absolute Gasteiger partial charge is 0.420 e. The number of hydrogen-bond acceptors (Lipinski definition) is 4. The van der Waals surface area contributed by atoms with E-state index in [1.807, 2.05) is 0 Å². The first-order valence-electron chi connectivity index (χ1n) is 9.68. The van der Waals surface area contributed by atoms with Crippen LogP contribution in [0.4, 0.5) is 17.6 Å². The predicted molar refractivity (Wildman–Crippen MR) is 116 cm³/mol. The van der Waals surface area contributed by atoms with E-state index in [1.54, 1.807) is 0 Å². The summed E-state index contributed by atoms with van der Waals surface area (Å²) in [5.41, 5.74) is -1.94. The largest absolute Gasteiger partial charge is 0.451 e. The van der Waals surface area contributed by atoms with Gasteiger partial charge in [0.15, 0.2) is 5.82 Å². The van der Waals surface area contributed by atoms with Crippen molar-refractivity contribution >= 4 is 11.6 Å². The van der Waals surface area contributed by atoms with Crippen molar-refractivity contribution in [3.05, 3.63) is 97.8 Å². The van der Waals surface area contributed by atoms with Crippen LogP contribution in [0.1, 0.15) is 11.4 Å². The minimum absolute atomic E-state index is 0.124. The van der Waals surface area contributed by atoms with E-state index in [0.717, 1.165) is 15.3 Å². The number of alkyl halides is 3. The first-order valence-corrected chi connectivity index (χ1v) is 10.1. The molecule has 4 rings (SSSR count). The summed E-state index contributed by atoms with van der Waals surface area (Å²) in [6, 6.07) is 10.2. The van der Waals surface area contributed by atoms with Gasteiger partial charge in [-0.15, -0.1) is 0 Å². The van der Waals surface area contributed by atoms with Crippen LogP contribution in [0.2, 0.25) is 5.02 Å². The Morgan fingerprint density at radius 3 is 2.38 bits per heavy atom. The van der Waals surface area contributed by atoms with Crippen molar-refractivity contribution in [2.45, 2.75) is 12.7 Å². The third-order valence-electron chi connectivity index (χ3n) is 4.98. The fourth-order valence-corrected chi connectivity index (χ4v) is 3.45. The number of rotatable bonds is 5. The van der Waals surface area contributed by atoms with Crippen molar-refractivity contribution in [2.75, 3.05) is 0 Å². The number of halogens is 5. The number of aromatic nitrogens is 4. The van der Waals surface area contributed by atoms with Crippen LogP contribution in [0.5, 0.6) is 11.5 Å². The number of ether oxygens (including phenoxy) is 1. The minimum atomic E-state index is -4.88. The maximum absolute atomic E-state index is 13.7. The summed E-state index contributed by atoms with van der Waals surface area (Å²) in [4.78, 5) is 24.5. The van der Waals surface area contributed by atoms with Crippen molar-refractivity contribution in [1.29, 1.82) is 0 Å². The van der Waals surface area contributed by atoms with E-state index >= 15 is 0 Å². The third-order valence-corrected chi connectivity index (χ3v) is 5.20. The van der Waals surface area contributed by atoms with Crippen LogP contribution in [0.25, 0.3) is 11.1 Å². The Morgan fingerprint density at radius 1 is 1.06 bits per heavy atom. The molecular formula is C22H15ClF4N4O3. The molecule has 0 atom stereocenters. The standard InChI is InChI=1S/C22H15ClF4N4O3/c1-30-18(28-29-21(30)33)11-31-7-6-17(22(25,26)27)19(20(31)32)34-16-9-13(8-14(23)10-16)12-2-4-15(24)5-3-12/h2-10H,11H2,1H3,(H,29,33). The van der Waals surface area contributed by atoms with E-state index in [1.165, 1.54) is 49.5 Å². The van der Waals surface area contributed by atoms with E-state index < -0.39 is 34.6 Å². The molecule has 2 heterocycles. The van der Waals surface area contributed by atoms with Gasteiger partial charge in [-0.05, 0) is 47.5 Å². The van der Waals surface area contributed by atoms with Crippen molar-refractivity contribution < 1.29 is 22.3 Å². The Morgan fingerprint density at radius 2 is 1.76 bits per heavy atom. The summed E-state index contributed by atoms with van der Waals surface area (Å²) in [7, 11) is 1.40. The Bertz CT molecular complexity index is 1470. The van der Waals surface area contributed by atoms with E-state index in [4.69, 9.17) is 16.3 Å². The number of nitrogens with one attached hydrogen (secondary N) is 1. The quantitative estimate of drug-likeness (QED) is 0.411. The molecule has 0 spiro atoms. The summed E-state index contributed by atoms with van der Waals surface area (Å²) >= 11 is 6.12. The van der Waals surface area contributed by atoms with Gasteiger partial charge in [0, 0.05) is 18.3 Å². The van der Waals surface area contributed by atoms with E-state index in [9.17, 15) is 27.2 Å². The van der Waals surface area contributed by atoms with E-state index in [2.05, 4.69) is 10.2 Å². The second kappa shape index (κ2) is 8.82. The molecule has 12 heteroatoms. The van der Waals surface area contributed by atoms with Gasteiger partial charge in [0.2, 0.25) is 5.75 Å². The molecule has 0 unspecified atom stereocenters. The topological polar surface area (TPSA) is 81.9 Å². The number of H-pyrrole nitrogens is 1. The van der Waals surface area contributed by atoms with E-state index in [0.29, 0.717) is 17.2 Å².